The van der Waals surface area contributed by atoms with Crippen LogP contribution < -0.4 is 0 Å². The molecule has 138 valence electrons. The highest BCUT2D eigenvalue weighted by Crippen LogP contribution is 2.31. The number of benzene rings is 1. The van der Waals surface area contributed by atoms with Crippen molar-refractivity contribution in [3.05, 3.63) is 53.5 Å². The molecule has 25 heavy (non-hydrogen) atoms. The molecule has 0 saturated carbocycles. The second-order valence-corrected chi connectivity index (χ2v) is 13.4. The van der Waals surface area contributed by atoms with Crippen molar-refractivity contribution in [3.8, 4) is 0 Å². The molecule has 0 spiro atoms. The van der Waals surface area contributed by atoms with Crippen molar-refractivity contribution < 1.29 is 12.8 Å². The quantitative estimate of drug-likeness (QED) is 0.602. The minimum absolute atomic E-state index is 0.0613. The lowest BCUT2D eigenvalue weighted by Crippen LogP contribution is -2.41. The normalized spacial score (nSPS) is 21.7. The standard InChI is InChI=1S/C20H30O3SSi/c1-5-25(6-2,7-3)23-20-16-15-19(14-13-17(20)4)24(21,22)18-11-9-8-10-12-18/h8-15,17,20H,5-7,16H2,1-4H3/t17-,20-/m0/s1. The van der Waals surface area contributed by atoms with E-state index in [0.29, 0.717) is 16.2 Å². The summed E-state index contributed by atoms with van der Waals surface area (Å²) in [5.41, 5.74) is 0. The molecule has 1 aromatic carbocycles. The number of allylic oxidation sites excluding steroid dienone is 1. The SMILES string of the molecule is CC[Si](CC)(CC)O[C@H]1CC=C(S(=O)(=O)c2ccccc2)C=C[C@@H]1C. The van der Waals surface area contributed by atoms with Crippen LogP contribution in [0.4, 0.5) is 0 Å². The van der Waals surface area contributed by atoms with Crippen molar-refractivity contribution in [1.82, 2.24) is 0 Å². The molecular formula is C20H30O3SSi. The topological polar surface area (TPSA) is 43.4 Å². The van der Waals surface area contributed by atoms with Gasteiger partial charge in [0.2, 0.25) is 9.84 Å². The predicted octanol–water partition coefficient (Wildman–Crippen LogP) is 5.33. The lowest BCUT2D eigenvalue weighted by atomic mass is 10.0. The maximum Gasteiger partial charge on any atom is 0.206 e. The molecular weight excluding hydrogens is 348 g/mol. The van der Waals surface area contributed by atoms with Crippen LogP contribution >= 0.6 is 0 Å². The Bertz CT molecular complexity index is 710. The van der Waals surface area contributed by atoms with E-state index in [0.717, 1.165) is 18.1 Å². The van der Waals surface area contributed by atoms with Gasteiger partial charge in [-0.3, -0.25) is 0 Å². The molecule has 1 aliphatic rings. The molecule has 3 nitrogen and oxygen atoms in total. The first kappa shape index (κ1) is 20.1. The average Bonchev–Trinajstić information content (AvgIpc) is 2.83. The molecule has 0 saturated heterocycles. The summed E-state index contributed by atoms with van der Waals surface area (Å²) in [5.74, 6) is 0.205. The van der Waals surface area contributed by atoms with Gasteiger partial charge in [0, 0.05) is 0 Å². The van der Waals surface area contributed by atoms with Crippen LogP contribution in [-0.2, 0) is 14.3 Å². The van der Waals surface area contributed by atoms with Crippen LogP contribution in [0.15, 0.2) is 58.4 Å². The molecule has 0 fully saturated rings. The second kappa shape index (κ2) is 8.47. The van der Waals surface area contributed by atoms with Crippen LogP contribution in [0.2, 0.25) is 18.1 Å². The summed E-state index contributed by atoms with van der Waals surface area (Å²) in [7, 11) is -5.18. The summed E-state index contributed by atoms with van der Waals surface area (Å²) in [4.78, 5) is 0.728. The highest BCUT2D eigenvalue weighted by Gasteiger charge is 2.34. The molecule has 2 rings (SSSR count). The Balaban J connectivity index is 2.27. The highest BCUT2D eigenvalue weighted by atomic mass is 32.2. The molecule has 5 heteroatoms. The van der Waals surface area contributed by atoms with Gasteiger partial charge in [0.25, 0.3) is 0 Å². The third-order valence-corrected chi connectivity index (χ3v) is 11.9. The number of rotatable bonds is 7. The first-order valence-corrected chi connectivity index (χ1v) is 13.3. The van der Waals surface area contributed by atoms with E-state index in [4.69, 9.17) is 4.43 Å². The molecule has 2 atom stereocenters. The first-order valence-electron chi connectivity index (χ1n) is 9.25. The molecule has 0 aliphatic heterocycles. The van der Waals surface area contributed by atoms with Gasteiger partial charge in [0.05, 0.1) is 15.9 Å². The van der Waals surface area contributed by atoms with Crippen LogP contribution in [0.1, 0.15) is 34.1 Å². The Morgan fingerprint density at radius 1 is 1.08 bits per heavy atom. The molecule has 0 bridgehead atoms. The number of hydrogen-bond acceptors (Lipinski definition) is 3. The van der Waals surface area contributed by atoms with Gasteiger partial charge in [0.15, 0.2) is 8.32 Å². The highest BCUT2D eigenvalue weighted by molar-refractivity contribution is 7.95. The Labute approximate surface area is 153 Å². The van der Waals surface area contributed by atoms with Crippen molar-refractivity contribution in [3.63, 3.8) is 0 Å². The van der Waals surface area contributed by atoms with Crippen molar-refractivity contribution in [2.75, 3.05) is 0 Å². The Morgan fingerprint density at radius 3 is 2.24 bits per heavy atom. The lowest BCUT2D eigenvalue weighted by Gasteiger charge is -2.34. The van der Waals surface area contributed by atoms with Gasteiger partial charge in [-0.2, -0.15) is 0 Å². The van der Waals surface area contributed by atoms with Gasteiger partial charge in [0.1, 0.15) is 0 Å². The lowest BCUT2D eigenvalue weighted by molar-refractivity contribution is 0.154. The number of hydrogen-bond donors (Lipinski definition) is 0. The molecule has 1 aromatic rings. The van der Waals surface area contributed by atoms with Gasteiger partial charge < -0.3 is 4.43 Å². The zero-order valence-electron chi connectivity index (χ0n) is 15.7. The minimum atomic E-state index is -3.46. The molecule has 0 heterocycles. The molecule has 0 N–H and O–H groups in total. The van der Waals surface area contributed by atoms with Crippen molar-refractivity contribution in [2.45, 2.75) is 63.2 Å². The minimum Gasteiger partial charge on any atom is -0.413 e. The summed E-state index contributed by atoms with van der Waals surface area (Å²) in [6.07, 6.45) is 6.29. The molecule has 0 aromatic heterocycles. The van der Waals surface area contributed by atoms with E-state index in [9.17, 15) is 8.42 Å². The Morgan fingerprint density at radius 2 is 1.68 bits per heavy atom. The van der Waals surface area contributed by atoms with E-state index in [2.05, 4.69) is 27.7 Å². The van der Waals surface area contributed by atoms with Gasteiger partial charge in [-0.05, 0) is 48.7 Å². The first-order chi connectivity index (χ1) is 11.9. The Hall–Kier alpha value is -1.17. The summed E-state index contributed by atoms with van der Waals surface area (Å²) in [6.45, 7) is 8.78. The van der Waals surface area contributed by atoms with Gasteiger partial charge in [-0.15, -0.1) is 0 Å². The largest absolute Gasteiger partial charge is 0.413 e. The van der Waals surface area contributed by atoms with Gasteiger partial charge >= 0.3 is 0 Å². The second-order valence-electron chi connectivity index (χ2n) is 6.78. The van der Waals surface area contributed by atoms with E-state index in [1.54, 1.807) is 30.3 Å². The summed E-state index contributed by atoms with van der Waals surface area (Å²) in [6, 6.07) is 11.9. The zero-order valence-corrected chi connectivity index (χ0v) is 17.6. The third-order valence-electron chi connectivity index (χ3n) is 5.40. The fourth-order valence-electron chi connectivity index (χ4n) is 3.30. The fraction of sp³-hybridized carbons (Fsp3) is 0.500. The van der Waals surface area contributed by atoms with Crippen LogP contribution in [0.5, 0.6) is 0 Å². The van der Waals surface area contributed by atoms with E-state index >= 15 is 0 Å². The zero-order chi connectivity index (χ0) is 18.5. The van der Waals surface area contributed by atoms with Gasteiger partial charge in [-0.1, -0.05) is 58.0 Å². The molecule has 0 unspecified atom stereocenters. The monoisotopic (exact) mass is 378 g/mol. The molecule has 1 aliphatic carbocycles. The van der Waals surface area contributed by atoms with Crippen LogP contribution in [0.3, 0.4) is 0 Å². The van der Waals surface area contributed by atoms with E-state index < -0.39 is 18.2 Å². The summed E-state index contributed by atoms with van der Waals surface area (Å²) in [5, 5.41) is 0. The predicted molar refractivity (Wildman–Crippen MR) is 107 cm³/mol. The van der Waals surface area contributed by atoms with Gasteiger partial charge in [-0.25, -0.2) is 8.42 Å². The summed E-state index contributed by atoms with van der Waals surface area (Å²) >= 11 is 0. The average molecular weight is 379 g/mol. The van der Waals surface area contributed by atoms with E-state index in [-0.39, 0.29) is 12.0 Å². The number of sulfone groups is 1. The Kier molecular flexibility index (Phi) is 6.83. The van der Waals surface area contributed by atoms with Crippen molar-refractivity contribution >= 4 is 18.2 Å². The van der Waals surface area contributed by atoms with E-state index in [1.807, 2.05) is 18.2 Å². The van der Waals surface area contributed by atoms with Crippen molar-refractivity contribution in [2.24, 2.45) is 5.92 Å². The summed E-state index contributed by atoms with van der Waals surface area (Å²) < 4.78 is 32.3. The van der Waals surface area contributed by atoms with Crippen molar-refractivity contribution in [1.29, 1.82) is 0 Å². The van der Waals surface area contributed by atoms with E-state index in [1.165, 1.54) is 0 Å². The van der Waals surface area contributed by atoms with Crippen LogP contribution in [0, 0.1) is 5.92 Å². The van der Waals surface area contributed by atoms with Crippen LogP contribution in [-0.4, -0.2) is 22.8 Å². The fourth-order valence-corrected chi connectivity index (χ4v) is 7.61. The third kappa shape index (κ3) is 4.52. The molecule has 0 radical (unpaired) electrons. The molecule has 0 amide bonds. The maximum atomic E-state index is 12.9. The smallest absolute Gasteiger partial charge is 0.206 e. The maximum absolute atomic E-state index is 12.9. The van der Waals surface area contributed by atoms with Crippen LogP contribution in [0.25, 0.3) is 0 Å².